The van der Waals surface area contributed by atoms with Crippen LogP contribution in [0.5, 0.6) is 5.75 Å². The van der Waals surface area contributed by atoms with Crippen LogP contribution in [-0.2, 0) is 14.3 Å². The van der Waals surface area contributed by atoms with Crippen molar-refractivity contribution in [1.29, 1.82) is 0 Å². The lowest BCUT2D eigenvalue weighted by atomic mass is 9.68. The zero-order chi connectivity index (χ0) is 32.3. The molecule has 0 radical (unpaired) electrons. The second-order valence-electron chi connectivity index (χ2n) is 12.6. The summed E-state index contributed by atoms with van der Waals surface area (Å²) in [6, 6.07) is 30.5. The van der Waals surface area contributed by atoms with Crippen molar-refractivity contribution in [3.8, 4) is 5.75 Å². The van der Waals surface area contributed by atoms with E-state index in [2.05, 4.69) is 23.3 Å². The van der Waals surface area contributed by atoms with Crippen LogP contribution in [0.1, 0.15) is 50.3 Å². The number of allylic oxidation sites excluding steroid dienone is 2. The summed E-state index contributed by atoms with van der Waals surface area (Å²) in [6.45, 7) is 2.61. The lowest BCUT2D eigenvalue weighted by Gasteiger charge is -2.32. The van der Waals surface area contributed by atoms with E-state index in [-0.39, 0.29) is 35.5 Å². The summed E-state index contributed by atoms with van der Waals surface area (Å²) in [5.41, 5.74) is 7.97. The van der Waals surface area contributed by atoms with Gasteiger partial charge in [0.25, 0.3) is 0 Å². The Hall–Kier alpha value is -5.01. The van der Waals surface area contributed by atoms with Crippen LogP contribution in [0.2, 0.25) is 0 Å². The van der Waals surface area contributed by atoms with E-state index in [1.807, 2.05) is 84.9 Å². The van der Waals surface area contributed by atoms with E-state index in [1.54, 1.807) is 18.3 Å². The van der Waals surface area contributed by atoms with Gasteiger partial charge in [-0.1, -0.05) is 55.3 Å². The molecule has 2 N–H and O–H groups in total. The van der Waals surface area contributed by atoms with E-state index in [0.29, 0.717) is 18.7 Å². The van der Waals surface area contributed by atoms with Crippen LogP contribution >= 0.6 is 0 Å². The Labute approximate surface area is 275 Å². The molecule has 2 saturated heterocycles. The van der Waals surface area contributed by atoms with E-state index in [0.717, 1.165) is 53.9 Å². The molecule has 7 heteroatoms. The summed E-state index contributed by atoms with van der Waals surface area (Å²) >= 11 is 0. The molecule has 0 saturated carbocycles. The van der Waals surface area contributed by atoms with Gasteiger partial charge >= 0.3 is 0 Å². The molecule has 1 aliphatic carbocycles. The number of amides is 2. The fourth-order valence-corrected chi connectivity index (χ4v) is 7.53. The highest BCUT2D eigenvalue weighted by Gasteiger charge is 2.57. The molecule has 0 unspecified atom stereocenters. The first-order chi connectivity index (χ1) is 23.0. The molecule has 1 aromatic heterocycles. The van der Waals surface area contributed by atoms with Crippen LogP contribution in [0.25, 0.3) is 11.6 Å². The number of anilines is 3. The van der Waals surface area contributed by atoms with Gasteiger partial charge in [-0.15, -0.1) is 0 Å². The first-order valence-electron chi connectivity index (χ1n) is 16.5. The number of nitrogens with one attached hydrogen (secondary N) is 1. The highest BCUT2D eigenvalue weighted by molar-refractivity contribution is 6.22. The van der Waals surface area contributed by atoms with Gasteiger partial charge in [-0.25, -0.2) is 0 Å². The third-order valence-corrected chi connectivity index (χ3v) is 9.65. The second kappa shape index (κ2) is 13.4. The Morgan fingerprint density at radius 3 is 2.38 bits per heavy atom. The van der Waals surface area contributed by atoms with Gasteiger partial charge in [0.05, 0.1) is 35.9 Å². The van der Waals surface area contributed by atoms with Crippen molar-refractivity contribution < 1.29 is 19.4 Å². The molecule has 3 aromatic carbocycles. The van der Waals surface area contributed by atoms with E-state index < -0.39 is 5.92 Å². The molecule has 3 aliphatic rings. The Kier molecular flexibility index (Phi) is 8.72. The van der Waals surface area contributed by atoms with E-state index in [4.69, 9.17) is 4.74 Å². The van der Waals surface area contributed by atoms with Crippen molar-refractivity contribution in [2.24, 2.45) is 17.8 Å². The Morgan fingerprint density at radius 1 is 0.915 bits per heavy atom. The number of nitrogens with zero attached hydrogens (tertiary/aromatic N) is 2. The number of ether oxygens (including phenoxy) is 1. The molecule has 3 heterocycles. The fourth-order valence-electron chi connectivity index (χ4n) is 7.53. The van der Waals surface area contributed by atoms with Crippen LogP contribution in [0.15, 0.2) is 114 Å². The molecule has 0 bridgehead atoms. The maximum Gasteiger partial charge on any atom is 0.238 e. The van der Waals surface area contributed by atoms with Gasteiger partial charge in [-0.05, 0) is 109 Å². The number of carbonyl (C=O) groups is 2. The summed E-state index contributed by atoms with van der Waals surface area (Å²) < 4.78 is 6.50. The monoisotopic (exact) mass is 625 g/mol. The van der Waals surface area contributed by atoms with Gasteiger partial charge in [0.1, 0.15) is 5.75 Å². The highest BCUT2D eigenvalue weighted by Crippen LogP contribution is 2.51. The van der Waals surface area contributed by atoms with Crippen molar-refractivity contribution in [3.05, 3.63) is 126 Å². The van der Waals surface area contributed by atoms with Crippen molar-refractivity contribution in [1.82, 2.24) is 4.98 Å². The SMILES string of the molecule is CCCC1=C2[C@@H](CC/C(=C/c3ccc(O)cc3)c3ccccn3)OC[C@@H]2[C@@H]2C(=O)N(c3ccc(Nc4ccccc4)cc3)C(=O)[C@@H]2C1. The molecule has 7 nitrogen and oxygen atoms in total. The predicted octanol–water partition coefficient (Wildman–Crippen LogP) is 8.17. The number of imide groups is 1. The van der Waals surface area contributed by atoms with Crippen molar-refractivity contribution >= 4 is 40.5 Å². The lowest BCUT2D eigenvalue weighted by molar-refractivity contribution is -0.122. The number of phenols is 1. The van der Waals surface area contributed by atoms with E-state index in [9.17, 15) is 14.7 Å². The largest absolute Gasteiger partial charge is 0.508 e. The highest BCUT2D eigenvalue weighted by atomic mass is 16.5. The van der Waals surface area contributed by atoms with Crippen LogP contribution < -0.4 is 10.2 Å². The maximum absolute atomic E-state index is 14.1. The van der Waals surface area contributed by atoms with Gasteiger partial charge in [0.15, 0.2) is 0 Å². The molecular formula is C40H39N3O4. The smallest absolute Gasteiger partial charge is 0.238 e. The summed E-state index contributed by atoms with van der Waals surface area (Å²) in [5, 5.41) is 13.1. The summed E-state index contributed by atoms with van der Waals surface area (Å²) in [4.78, 5) is 34.0. The zero-order valence-electron chi connectivity index (χ0n) is 26.5. The Balaban J connectivity index is 1.11. The van der Waals surface area contributed by atoms with Crippen molar-refractivity contribution in [2.75, 3.05) is 16.8 Å². The first kappa shape index (κ1) is 30.6. The van der Waals surface area contributed by atoms with Crippen LogP contribution in [0.4, 0.5) is 17.1 Å². The molecule has 2 aliphatic heterocycles. The average molecular weight is 626 g/mol. The Morgan fingerprint density at radius 2 is 1.66 bits per heavy atom. The molecule has 47 heavy (non-hydrogen) atoms. The minimum atomic E-state index is -0.409. The quantitative estimate of drug-likeness (QED) is 0.136. The number of aromatic hydroxyl groups is 1. The van der Waals surface area contributed by atoms with Crippen molar-refractivity contribution in [2.45, 2.75) is 45.1 Å². The first-order valence-corrected chi connectivity index (χ1v) is 16.5. The normalized spacial score (nSPS) is 22.4. The summed E-state index contributed by atoms with van der Waals surface area (Å²) in [6.07, 6.45) is 7.75. The number of fused-ring (bicyclic) bond motifs is 3. The van der Waals surface area contributed by atoms with Crippen LogP contribution in [0.3, 0.4) is 0 Å². The predicted molar refractivity (Wildman–Crippen MR) is 185 cm³/mol. The van der Waals surface area contributed by atoms with E-state index >= 15 is 0 Å². The summed E-state index contributed by atoms with van der Waals surface area (Å²) in [7, 11) is 0. The molecule has 4 atom stereocenters. The third kappa shape index (κ3) is 6.23. The number of para-hydroxylation sites is 1. The minimum absolute atomic E-state index is 0.0971. The van der Waals surface area contributed by atoms with E-state index in [1.165, 1.54) is 16.0 Å². The van der Waals surface area contributed by atoms with Gasteiger partial charge in [0, 0.05) is 23.5 Å². The van der Waals surface area contributed by atoms with Crippen LogP contribution in [-0.4, -0.2) is 34.6 Å². The number of hydrogen-bond donors (Lipinski definition) is 2. The molecule has 2 fully saturated rings. The molecule has 2 amide bonds. The third-order valence-electron chi connectivity index (χ3n) is 9.65. The number of rotatable bonds is 10. The van der Waals surface area contributed by atoms with Gasteiger partial charge in [-0.3, -0.25) is 19.5 Å². The topological polar surface area (TPSA) is 91.8 Å². The van der Waals surface area contributed by atoms with Gasteiger partial charge in [-0.2, -0.15) is 0 Å². The lowest BCUT2D eigenvalue weighted by Crippen LogP contribution is -2.34. The number of carbonyl (C=O) groups excluding carboxylic acids is 2. The molecule has 7 rings (SSSR count). The second-order valence-corrected chi connectivity index (χ2v) is 12.6. The van der Waals surface area contributed by atoms with Crippen molar-refractivity contribution in [3.63, 3.8) is 0 Å². The Bertz CT molecular complexity index is 1800. The number of phenolic OH excluding ortho intramolecular Hbond substituents is 1. The standard InChI is InChI=1S/C40H39N3O4/c1-2-8-28-24-33-38(40(46)43(39(33)45)31-17-15-30(16-18-31)42-29-9-4-3-5-10-29)34-25-47-36(37(28)34)21-14-27(35-11-6-7-22-41-35)23-26-12-19-32(44)20-13-26/h3-7,9-13,15-20,22-23,33-34,36,38,42,44H,2,8,14,21,24-25H2,1H3/b27-23-/t33-,34+,36-,38-/m1/s1. The minimum Gasteiger partial charge on any atom is -0.508 e. The van der Waals surface area contributed by atoms with Crippen LogP contribution in [0, 0.1) is 17.8 Å². The molecular weight excluding hydrogens is 586 g/mol. The number of hydrogen-bond acceptors (Lipinski definition) is 6. The fraction of sp³-hybridized carbons (Fsp3) is 0.275. The molecule has 238 valence electrons. The maximum atomic E-state index is 14.1. The number of aromatic nitrogens is 1. The van der Waals surface area contributed by atoms with Gasteiger partial charge in [0.2, 0.25) is 11.8 Å². The molecule has 0 spiro atoms. The van der Waals surface area contributed by atoms with Gasteiger partial charge < -0.3 is 15.2 Å². The molecule has 4 aromatic rings. The average Bonchev–Trinajstić information content (AvgIpc) is 3.63. The summed E-state index contributed by atoms with van der Waals surface area (Å²) in [5.74, 6) is -0.857. The number of benzene rings is 3. The number of pyridine rings is 1. The zero-order valence-corrected chi connectivity index (χ0v) is 26.5.